The van der Waals surface area contributed by atoms with Crippen molar-refractivity contribution in [1.29, 1.82) is 5.41 Å². The van der Waals surface area contributed by atoms with E-state index in [4.69, 9.17) is 38.7 Å². The van der Waals surface area contributed by atoms with Gasteiger partial charge in [-0.2, -0.15) is 0 Å². The molecule has 0 spiro atoms. The van der Waals surface area contributed by atoms with Crippen LogP contribution in [0.25, 0.3) is 0 Å². The summed E-state index contributed by atoms with van der Waals surface area (Å²) in [6, 6.07) is 5.23. The molecule has 0 bridgehead atoms. The van der Waals surface area contributed by atoms with E-state index in [1.165, 1.54) is 0 Å². The molecule has 2 fully saturated rings. The number of hydrogen-bond acceptors (Lipinski definition) is 8. The van der Waals surface area contributed by atoms with Crippen LogP contribution in [0, 0.1) is 17.2 Å². The van der Waals surface area contributed by atoms with E-state index in [1.807, 2.05) is 13.0 Å². The quantitative estimate of drug-likeness (QED) is 0.403. The monoisotopic (exact) mass is 553 g/mol. The lowest BCUT2D eigenvalue weighted by molar-refractivity contribution is 0.125. The van der Waals surface area contributed by atoms with Crippen LogP contribution in [0.3, 0.4) is 0 Å². The van der Waals surface area contributed by atoms with Crippen molar-refractivity contribution in [3.8, 4) is 0 Å². The van der Waals surface area contributed by atoms with E-state index in [2.05, 4.69) is 20.1 Å². The molecule has 4 N–H and O–H groups in total. The fraction of sp³-hybridized carbons (Fsp3) is 0.542. The first-order valence-electron chi connectivity index (χ1n) is 12.1. The Kier molecular flexibility index (Phi) is 8.41. The maximum atomic E-state index is 11.3. The van der Waals surface area contributed by atoms with Gasteiger partial charge >= 0.3 is 0 Å². The molecular formula is C24H33Cl2N7O2S. The normalized spacial score (nSPS) is 20.1. The van der Waals surface area contributed by atoms with E-state index in [9.17, 15) is 8.42 Å². The summed E-state index contributed by atoms with van der Waals surface area (Å²) in [7, 11) is -3.44. The van der Waals surface area contributed by atoms with Gasteiger partial charge in [0.15, 0.2) is 5.82 Å². The SMILES string of the molecule is CC(=N)c1ncc(N2CC(C3CCCN(CCS(N)(=O)=O)C3)C2)nc1NC(C)c1ccc(Cl)cc1Cl. The maximum absolute atomic E-state index is 11.3. The number of nitrogens with zero attached hydrogens (tertiary/aromatic N) is 4. The zero-order valence-corrected chi connectivity index (χ0v) is 22.9. The van der Waals surface area contributed by atoms with Gasteiger partial charge in [-0.3, -0.25) is 0 Å². The molecule has 3 heterocycles. The van der Waals surface area contributed by atoms with E-state index in [0.717, 1.165) is 50.4 Å². The first-order valence-corrected chi connectivity index (χ1v) is 14.6. The van der Waals surface area contributed by atoms with Gasteiger partial charge in [0.2, 0.25) is 10.0 Å². The van der Waals surface area contributed by atoms with E-state index in [-0.39, 0.29) is 11.8 Å². The summed E-state index contributed by atoms with van der Waals surface area (Å²) >= 11 is 12.4. The van der Waals surface area contributed by atoms with Crippen LogP contribution in [0.1, 0.15) is 44.0 Å². The Bertz CT molecular complexity index is 1220. The first-order chi connectivity index (χ1) is 17.0. The van der Waals surface area contributed by atoms with Crippen molar-refractivity contribution in [2.45, 2.75) is 32.7 Å². The molecule has 4 rings (SSSR count). The molecule has 1 aromatic carbocycles. The van der Waals surface area contributed by atoms with Crippen molar-refractivity contribution in [3.05, 3.63) is 45.7 Å². The molecule has 2 aliphatic heterocycles. The number of primary sulfonamides is 1. The van der Waals surface area contributed by atoms with Crippen molar-refractivity contribution in [2.24, 2.45) is 17.0 Å². The van der Waals surface area contributed by atoms with Crippen molar-refractivity contribution in [3.63, 3.8) is 0 Å². The van der Waals surface area contributed by atoms with Gasteiger partial charge in [-0.15, -0.1) is 0 Å². The first kappa shape index (κ1) is 27.1. The van der Waals surface area contributed by atoms with Crippen molar-refractivity contribution < 1.29 is 8.42 Å². The standard InChI is InChI=1S/C24H33Cl2N7O2S/c1-15(27)23-24(30-16(2)20-6-5-19(25)10-21(20)26)31-22(11-29-23)33-13-18(14-33)17-4-3-7-32(12-17)8-9-36(28,34)35/h5-6,10-11,16-18,27H,3-4,7-9,12-14H2,1-2H3,(H,30,31)(H2,28,34,35). The number of nitrogens with two attached hydrogens (primary N) is 1. The van der Waals surface area contributed by atoms with Gasteiger partial charge in [-0.25, -0.2) is 23.5 Å². The van der Waals surface area contributed by atoms with Gasteiger partial charge in [-0.05, 0) is 62.8 Å². The number of halogens is 2. The minimum Gasteiger partial charge on any atom is -0.362 e. The molecular weight excluding hydrogens is 521 g/mol. The maximum Gasteiger partial charge on any atom is 0.210 e. The zero-order valence-electron chi connectivity index (χ0n) is 20.5. The van der Waals surface area contributed by atoms with Gasteiger partial charge < -0.3 is 20.5 Å². The van der Waals surface area contributed by atoms with Crippen molar-refractivity contribution >= 4 is 50.6 Å². The number of nitrogens with one attached hydrogen (secondary N) is 2. The Morgan fingerprint density at radius 3 is 2.69 bits per heavy atom. The molecule has 0 radical (unpaired) electrons. The number of benzene rings is 1. The van der Waals surface area contributed by atoms with Gasteiger partial charge in [-0.1, -0.05) is 29.3 Å². The van der Waals surface area contributed by atoms with Crippen LogP contribution >= 0.6 is 23.2 Å². The summed E-state index contributed by atoms with van der Waals surface area (Å²) in [6.07, 6.45) is 3.94. The number of sulfonamides is 1. The number of rotatable bonds is 9. The van der Waals surface area contributed by atoms with Crippen LogP contribution in [0.2, 0.25) is 10.0 Å². The third-order valence-corrected chi connectivity index (χ3v) is 8.35. The molecule has 12 heteroatoms. The Morgan fingerprint density at radius 2 is 2.03 bits per heavy atom. The third kappa shape index (κ3) is 6.66. The molecule has 2 saturated heterocycles. The highest BCUT2D eigenvalue weighted by molar-refractivity contribution is 7.89. The summed E-state index contributed by atoms with van der Waals surface area (Å²) in [6.45, 7) is 7.75. The predicted octanol–water partition coefficient (Wildman–Crippen LogP) is 3.78. The second kappa shape index (κ2) is 11.2. The van der Waals surface area contributed by atoms with Crippen molar-refractivity contribution in [2.75, 3.05) is 48.7 Å². The molecule has 2 unspecified atom stereocenters. The van der Waals surface area contributed by atoms with Crippen LogP contribution in [0.15, 0.2) is 24.4 Å². The molecule has 1 aromatic heterocycles. The largest absolute Gasteiger partial charge is 0.362 e. The van der Waals surface area contributed by atoms with E-state index < -0.39 is 10.0 Å². The van der Waals surface area contributed by atoms with Gasteiger partial charge in [0.05, 0.1) is 23.7 Å². The highest BCUT2D eigenvalue weighted by Crippen LogP contribution is 2.34. The lowest BCUT2D eigenvalue weighted by Crippen LogP contribution is -2.54. The average molecular weight is 555 g/mol. The number of piperidine rings is 1. The van der Waals surface area contributed by atoms with E-state index in [1.54, 1.807) is 25.3 Å². The van der Waals surface area contributed by atoms with Crippen LogP contribution in [-0.4, -0.2) is 67.5 Å². The fourth-order valence-electron chi connectivity index (χ4n) is 4.98. The second-order valence-electron chi connectivity index (χ2n) is 9.82. The highest BCUT2D eigenvalue weighted by Gasteiger charge is 2.36. The van der Waals surface area contributed by atoms with Gasteiger partial charge in [0.25, 0.3) is 0 Å². The van der Waals surface area contributed by atoms with E-state index >= 15 is 0 Å². The second-order valence-corrected chi connectivity index (χ2v) is 12.4. The summed E-state index contributed by atoms with van der Waals surface area (Å²) in [5, 5.41) is 17.8. The third-order valence-electron chi connectivity index (χ3n) is 7.03. The summed E-state index contributed by atoms with van der Waals surface area (Å²) < 4.78 is 22.7. The topological polar surface area (TPSA) is 128 Å². The minimum atomic E-state index is -3.44. The van der Waals surface area contributed by atoms with Crippen LogP contribution < -0.4 is 15.4 Å². The number of likely N-dealkylation sites (tertiary alicyclic amines) is 1. The lowest BCUT2D eigenvalue weighted by atomic mass is 9.80. The summed E-state index contributed by atoms with van der Waals surface area (Å²) in [4.78, 5) is 13.8. The summed E-state index contributed by atoms with van der Waals surface area (Å²) in [5.41, 5.74) is 1.72. The average Bonchev–Trinajstić information content (AvgIpc) is 2.76. The minimum absolute atomic E-state index is 0.000314. The molecule has 196 valence electrons. The molecule has 2 atom stereocenters. The Labute approximate surface area is 222 Å². The summed E-state index contributed by atoms with van der Waals surface area (Å²) in [5.74, 6) is 2.37. The molecule has 0 saturated carbocycles. The van der Waals surface area contributed by atoms with E-state index in [0.29, 0.717) is 45.6 Å². The Balaban J connectivity index is 1.41. The Morgan fingerprint density at radius 1 is 1.28 bits per heavy atom. The zero-order chi connectivity index (χ0) is 26.0. The molecule has 2 aromatic rings. The lowest BCUT2D eigenvalue weighted by Gasteiger charge is -2.47. The highest BCUT2D eigenvalue weighted by atomic mass is 35.5. The van der Waals surface area contributed by atoms with Gasteiger partial charge in [0.1, 0.15) is 11.5 Å². The molecule has 0 amide bonds. The molecule has 36 heavy (non-hydrogen) atoms. The number of anilines is 2. The predicted molar refractivity (Wildman–Crippen MR) is 146 cm³/mol. The smallest absolute Gasteiger partial charge is 0.210 e. The van der Waals surface area contributed by atoms with Crippen LogP contribution in [-0.2, 0) is 10.0 Å². The van der Waals surface area contributed by atoms with Crippen molar-refractivity contribution in [1.82, 2.24) is 14.9 Å². The van der Waals surface area contributed by atoms with Crippen LogP contribution in [0.4, 0.5) is 11.6 Å². The molecule has 0 aliphatic carbocycles. The number of hydrogen-bond donors (Lipinski definition) is 3. The van der Waals surface area contributed by atoms with Crippen LogP contribution in [0.5, 0.6) is 0 Å². The van der Waals surface area contributed by atoms with Gasteiger partial charge in [0, 0.05) is 36.2 Å². The molecule has 2 aliphatic rings. The Hall–Kier alpha value is -1.98. The molecule has 9 nitrogen and oxygen atoms in total. The fourth-order valence-corrected chi connectivity index (χ4v) is 6.06. The number of aromatic nitrogens is 2.